The van der Waals surface area contributed by atoms with E-state index < -0.39 is 0 Å². The highest BCUT2D eigenvalue weighted by Gasteiger charge is 2.26. The molecule has 2 aromatic carbocycles. The predicted molar refractivity (Wildman–Crippen MR) is 124 cm³/mol. The summed E-state index contributed by atoms with van der Waals surface area (Å²) in [5.41, 5.74) is 9.12. The molecular formula is C23H32N4S. The molecule has 5 heteroatoms. The Morgan fingerprint density at radius 3 is 2.46 bits per heavy atom. The van der Waals surface area contributed by atoms with Gasteiger partial charge >= 0.3 is 0 Å². The Morgan fingerprint density at radius 1 is 1.11 bits per heavy atom. The SMILES string of the molecule is CCCN(C(=S)Nc1ccccc1N)C1CCN(CCc2ccccc2)CC1. The maximum Gasteiger partial charge on any atom is 0.173 e. The van der Waals surface area contributed by atoms with Crippen LogP contribution in [0, 0.1) is 0 Å². The van der Waals surface area contributed by atoms with Crippen LogP contribution in [0.3, 0.4) is 0 Å². The number of hydrogen-bond donors (Lipinski definition) is 2. The molecule has 150 valence electrons. The van der Waals surface area contributed by atoms with Crippen molar-refractivity contribution in [3.05, 3.63) is 60.2 Å². The summed E-state index contributed by atoms with van der Waals surface area (Å²) in [6.45, 7) is 6.59. The van der Waals surface area contributed by atoms with Crippen molar-refractivity contribution in [2.45, 2.75) is 38.6 Å². The second-order valence-electron chi connectivity index (χ2n) is 7.52. The minimum absolute atomic E-state index is 0.498. The summed E-state index contributed by atoms with van der Waals surface area (Å²) in [7, 11) is 0. The lowest BCUT2D eigenvalue weighted by molar-refractivity contribution is 0.155. The molecule has 1 fully saturated rings. The van der Waals surface area contributed by atoms with Crippen molar-refractivity contribution in [3.8, 4) is 0 Å². The van der Waals surface area contributed by atoms with E-state index >= 15 is 0 Å². The Hall–Kier alpha value is -2.11. The maximum atomic E-state index is 6.07. The first-order valence-corrected chi connectivity index (χ1v) is 10.8. The monoisotopic (exact) mass is 396 g/mol. The van der Waals surface area contributed by atoms with E-state index in [1.807, 2.05) is 24.3 Å². The fourth-order valence-electron chi connectivity index (χ4n) is 3.88. The molecule has 4 nitrogen and oxygen atoms in total. The zero-order valence-corrected chi connectivity index (χ0v) is 17.6. The number of likely N-dealkylation sites (tertiary alicyclic amines) is 1. The standard InChI is InChI=1S/C23H32N4S/c1-2-15-27(23(28)25-22-11-7-6-10-21(22)24)20-13-17-26(18-14-20)16-12-19-8-4-3-5-9-19/h3-11,20H,2,12-18,24H2,1H3,(H,25,28). The fraction of sp³-hybridized carbons (Fsp3) is 0.435. The van der Waals surface area contributed by atoms with Crippen LogP contribution in [0.2, 0.25) is 0 Å². The molecule has 0 saturated carbocycles. The van der Waals surface area contributed by atoms with E-state index in [0.29, 0.717) is 6.04 Å². The van der Waals surface area contributed by atoms with Gasteiger partial charge < -0.3 is 20.9 Å². The molecule has 0 aromatic heterocycles. The largest absolute Gasteiger partial charge is 0.397 e. The summed E-state index contributed by atoms with van der Waals surface area (Å²) in [4.78, 5) is 4.95. The maximum absolute atomic E-state index is 6.07. The van der Waals surface area contributed by atoms with E-state index in [1.165, 1.54) is 5.56 Å². The molecule has 0 atom stereocenters. The van der Waals surface area contributed by atoms with Crippen molar-refractivity contribution in [1.29, 1.82) is 0 Å². The third-order valence-corrected chi connectivity index (χ3v) is 5.82. The number of anilines is 2. The second kappa shape index (κ2) is 10.4. The Kier molecular flexibility index (Phi) is 7.69. The van der Waals surface area contributed by atoms with Crippen LogP contribution >= 0.6 is 12.2 Å². The first-order valence-electron chi connectivity index (χ1n) is 10.4. The van der Waals surface area contributed by atoms with Crippen molar-refractivity contribution in [2.24, 2.45) is 0 Å². The minimum atomic E-state index is 0.498. The molecule has 3 N–H and O–H groups in total. The van der Waals surface area contributed by atoms with E-state index in [-0.39, 0.29) is 0 Å². The van der Waals surface area contributed by atoms with E-state index in [0.717, 1.165) is 68.3 Å². The van der Waals surface area contributed by atoms with Crippen LogP contribution in [0.4, 0.5) is 11.4 Å². The van der Waals surface area contributed by atoms with Crippen LogP contribution in [0.15, 0.2) is 54.6 Å². The number of rotatable bonds is 7. The highest BCUT2D eigenvalue weighted by molar-refractivity contribution is 7.80. The van der Waals surface area contributed by atoms with Gasteiger partial charge in [-0.15, -0.1) is 0 Å². The van der Waals surface area contributed by atoms with Gasteiger partial charge in [-0.1, -0.05) is 49.4 Å². The molecule has 0 unspecified atom stereocenters. The topological polar surface area (TPSA) is 44.5 Å². The number of benzene rings is 2. The van der Waals surface area contributed by atoms with Crippen LogP contribution in [0.1, 0.15) is 31.7 Å². The minimum Gasteiger partial charge on any atom is -0.397 e. The number of nitrogens with one attached hydrogen (secondary N) is 1. The molecule has 0 bridgehead atoms. The second-order valence-corrected chi connectivity index (χ2v) is 7.91. The normalized spacial score (nSPS) is 15.3. The lowest BCUT2D eigenvalue weighted by atomic mass is 10.0. The van der Waals surface area contributed by atoms with E-state index in [2.05, 4.69) is 52.4 Å². The van der Waals surface area contributed by atoms with Crippen LogP contribution in [-0.2, 0) is 6.42 Å². The molecule has 1 aliphatic heterocycles. The van der Waals surface area contributed by atoms with Gasteiger partial charge in [-0.25, -0.2) is 0 Å². The summed E-state index contributed by atoms with van der Waals surface area (Å²) in [5.74, 6) is 0. The molecule has 2 aromatic rings. The summed E-state index contributed by atoms with van der Waals surface area (Å²) in [5, 5.41) is 4.16. The van der Waals surface area contributed by atoms with Crippen molar-refractivity contribution >= 4 is 28.7 Å². The third kappa shape index (κ3) is 5.69. The van der Waals surface area contributed by atoms with Gasteiger partial charge in [0.15, 0.2) is 5.11 Å². The number of nitrogens with zero attached hydrogens (tertiary/aromatic N) is 2. The molecule has 1 aliphatic rings. The number of para-hydroxylation sites is 2. The molecule has 0 aliphatic carbocycles. The molecule has 0 amide bonds. The van der Waals surface area contributed by atoms with Crippen LogP contribution < -0.4 is 11.1 Å². The molecule has 1 saturated heterocycles. The number of piperidine rings is 1. The summed E-state index contributed by atoms with van der Waals surface area (Å²) in [6, 6.07) is 19.1. The molecule has 1 heterocycles. The van der Waals surface area contributed by atoms with E-state index in [9.17, 15) is 0 Å². The van der Waals surface area contributed by atoms with Crippen molar-refractivity contribution < 1.29 is 0 Å². The molecule has 0 spiro atoms. The van der Waals surface area contributed by atoms with Gasteiger partial charge in [-0.05, 0) is 55.6 Å². The van der Waals surface area contributed by atoms with Crippen molar-refractivity contribution in [3.63, 3.8) is 0 Å². The zero-order valence-electron chi connectivity index (χ0n) is 16.8. The molecule has 28 heavy (non-hydrogen) atoms. The van der Waals surface area contributed by atoms with Gasteiger partial charge in [-0.2, -0.15) is 0 Å². The van der Waals surface area contributed by atoms with Crippen molar-refractivity contribution in [1.82, 2.24) is 9.80 Å². The van der Waals surface area contributed by atoms with Gasteiger partial charge in [0.2, 0.25) is 0 Å². The van der Waals surface area contributed by atoms with Crippen LogP contribution in [0.25, 0.3) is 0 Å². The Morgan fingerprint density at radius 2 is 1.79 bits per heavy atom. The van der Waals surface area contributed by atoms with Crippen LogP contribution in [-0.4, -0.2) is 47.1 Å². The lowest BCUT2D eigenvalue weighted by Crippen LogP contribution is -2.49. The van der Waals surface area contributed by atoms with Gasteiger partial charge in [0.25, 0.3) is 0 Å². The van der Waals surface area contributed by atoms with Gasteiger partial charge in [0, 0.05) is 32.2 Å². The third-order valence-electron chi connectivity index (χ3n) is 5.49. The van der Waals surface area contributed by atoms with E-state index in [1.54, 1.807) is 0 Å². The molecular weight excluding hydrogens is 364 g/mol. The summed E-state index contributed by atoms with van der Waals surface area (Å²) >= 11 is 5.75. The average Bonchev–Trinajstić information content (AvgIpc) is 2.73. The Labute approximate surface area is 174 Å². The summed E-state index contributed by atoms with van der Waals surface area (Å²) < 4.78 is 0. The van der Waals surface area contributed by atoms with Crippen molar-refractivity contribution in [2.75, 3.05) is 37.2 Å². The predicted octanol–water partition coefficient (Wildman–Crippen LogP) is 4.38. The molecule has 0 radical (unpaired) electrons. The first kappa shape index (κ1) is 20.6. The Balaban J connectivity index is 1.52. The zero-order chi connectivity index (χ0) is 19.8. The summed E-state index contributed by atoms with van der Waals surface area (Å²) in [6.07, 6.45) is 4.51. The van der Waals surface area contributed by atoms with E-state index in [4.69, 9.17) is 18.0 Å². The van der Waals surface area contributed by atoms with Gasteiger partial charge in [0.1, 0.15) is 0 Å². The van der Waals surface area contributed by atoms with Crippen LogP contribution in [0.5, 0.6) is 0 Å². The molecule has 3 rings (SSSR count). The highest BCUT2D eigenvalue weighted by Crippen LogP contribution is 2.21. The quantitative estimate of drug-likeness (QED) is 0.537. The number of hydrogen-bond acceptors (Lipinski definition) is 3. The Bertz CT molecular complexity index is 741. The van der Waals surface area contributed by atoms with Gasteiger partial charge in [0.05, 0.1) is 11.4 Å². The number of nitrogens with two attached hydrogens (primary N) is 1. The highest BCUT2D eigenvalue weighted by atomic mass is 32.1. The number of thiocarbonyl (C=S) groups is 1. The first-order chi connectivity index (χ1) is 13.7. The van der Waals surface area contributed by atoms with Gasteiger partial charge in [-0.3, -0.25) is 0 Å². The smallest absolute Gasteiger partial charge is 0.173 e. The number of nitrogen functional groups attached to an aromatic ring is 1. The lowest BCUT2D eigenvalue weighted by Gasteiger charge is -2.40. The average molecular weight is 397 g/mol. The fourth-order valence-corrected chi connectivity index (χ4v) is 4.23.